The number of aromatic nitrogens is 1. The molecule has 0 saturated heterocycles. The average Bonchev–Trinajstić information content (AvgIpc) is 2.47. The summed E-state index contributed by atoms with van der Waals surface area (Å²) in [7, 11) is 0. The summed E-state index contributed by atoms with van der Waals surface area (Å²) in [6, 6.07) is 11.0. The van der Waals surface area contributed by atoms with Gasteiger partial charge < -0.3 is 5.32 Å². The lowest BCUT2D eigenvalue weighted by atomic mass is 10.1. The van der Waals surface area contributed by atoms with E-state index in [-0.39, 0.29) is 5.78 Å². The largest absolute Gasteiger partial charge is 0.326 e. The molecule has 2 rings (SSSR count). The van der Waals surface area contributed by atoms with Crippen LogP contribution in [-0.4, -0.2) is 20.8 Å². The normalized spacial score (nSPS) is 10.2. The highest BCUT2D eigenvalue weighted by molar-refractivity contribution is 8.23. The molecule has 0 bridgehead atoms. The van der Waals surface area contributed by atoms with Gasteiger partial charge in [-0.3, -0.25) is 4.79 Å². The molecule has 1 aromatic heterocycles. The van der Waals surface area contributed by atoms with Crippen LogP contribution in [0.25, 0.3) is 0 Å². The molecule has 21 heavy (non-hydrogen) atoms. The Kier molecular flexibility index (Phi) is 5.73. The molecule has 108 valence electrons. The first-order chi connectivity index (χ1) is 10.0. The van der Waals surface area contributed by atoms with Crippen LogP contribution >= 0.6 is 35.6 Å². The Hall–Kier alpha value is -1.43. The second-order valence-corrected chi connectivity index (χ2v) is 6.44. The molecule has 3 nitrogen and oxygen atoms in total. The van der Waals surface area contributed by atoms with Crippen molar-refractivity contribution >= 4 is 51.5 Å². The number of rotatable bonds is 4. The van der Waals surface area contributed by atoms with Gasteiger partial charge in [0.25, 0.3) is 0 Å². The lowest BCUT2D eigenvalue weighted by molar-refractivity contribution is 0.102. The van der Waals surface area contributed by atoms with Gasteiger partial charge in [0.2, 0.25) is 0 Å². The number of hydrogen-bond donors (Lipinski definition) is 1. The summed E-state index contributed by atoms with van der Waals surface area (Å²) in [5.74, 6) is 0.958. The Morgan fingerprint density at radius 1 is 1.38 bits per heavy atom. The Morgan fingerprint density at radius 3 is 2.86 bits per heavy atom. The zero-order valence-electron chi connectivity index (χ0n) is 11.3. The molecule has 1 aromatic carbocycles. The van der Waals surface area contributed by atoms with Gasteiger partial charge in [-0.2, -0.15) is 0 Å². The van der Waals surface area contributed by atoms with Gasteiger partial charge in [-0.05, 0) is 25.1 Å². The second kappa shape index (κ2) is 7.54. The van der Waals surface area contributed by atoms with E-state index in [9.17, 15) is 4.79 Å². The fourth-order valence-corrected chi connectivity index (χ4v) is 2.62. The molecule has 0 aliphatic rings. The summed E-state index contributed by atoms with van der Waals surface area (Å²) >= 11 is 12.2. The minimum absolute atomic E-state index is 0.0527. The zero-order chi connectivity index (χ0) is 15.2. The van der Waals surface area contributed by atoms with Crippen molar-refractivity contribution in [1.82, 2.24) is 4.98 Å². The standard InChI is InChI=1S/C15H13ClN2OS2/c1-10-3-2-4-11(7-10)13(19)9-21-15(20)18-14-6-5-12(16)8-17-14/h2-8H,9H2,1H3,(H,17,18,20). The van der Waals surface area contributed by atoms with Crippen LogP contribution in [0, 0.1) is 6.92 Å². The molecule has 0 aliphatic carbocycles. The van der Waals surface area contributed by atoms with E-state index < -0.39 is 0 Å². The van der Waals surface area contributed by atoms with Crippen LogP contribution in [0.2, 0.25) is 5.02 Å². The predicted octanol–water partition coefficient (Wildman–Crippen LogP) is 4.36. The van der Waals surface area contributed by atoms with E-state index in [0.717, 1.165) is 5.56 Å². The third-order valence-corrected chi connectivity index (χ3v) is 4.08. The second-order valence-electron chi connectivity index (χ2n) is 4.36. The fourth-order valence-electron chi connectivity index (χ4n) is 1.62. The van der Waals surface area contributed by atoms with E-state index in [4.69, 9.17) is 23.8 Å². The molecular formula is C15H13ClN2OS2. The van der Waals surface area contributed by atoms with Crippen molar-refractivity contribution < 1.29 is 4.79 Å². The van der Waals surface area contributed by atoms with Gasteiger partial charge in [-0.15, -0.1) is 0 Å². The van der Waals surface area contributed by atoms with Crippen molar-refractivity contribution in [3.63, 3.8) is 0 Å². The van der Waals surface area contributed by atoms with Crippen molar-refractivity contribution in [2.24, 2.45) is 0 Å². The minimum atomic E-state index is 0.0527. The van der Waals surface area contributed by atoms with Gasteiger partial charge >= 0.3 is 0 Å². The molecule has 0 radical (unpaired) electrons. The van der Waals surface area contributed by atoms with Gasteiger partial charge in [-0.25, -0.2) is 4.98 Å². The third kappa shape index (κ3) is 5.12. The summed E-state index contributed by atoms with van der Waals surface area (Å²) in [6.07, 6.45) is 1.54. The summed E-state index contributed by atoms with van der Waals surface area (Å²) in [4.78, 5) is 16.1. The van der Waals surface area contributed by atoms with E-state index in [1.54, 1.807) is 12.1 Å². The molecule has 0 fully saturated rings. The van der Waals surface area contributed by atoms with Crippen LogP contribution in [0.5, 0.6) is 0 Å². The highest BCUT2D eigenvalue weighted by Crippen LogP contribution is 2.14. The van der Waals surface area contributed by atoms with Crippen LogP contribution in [0.15, 0.2) is 42.6 Å². The number of aryl methyl sites for hydroxylation is 1. The van der Waals surface area contributed by atoms with E-state index in [0.29, 0.717) is 26.5 Å². The Morgan fingerprint density at radius 2 is 2.19 bits per heavy atom. The van der Waals surface area contributed by atoms with Crippen LogP contribution in [0.4, 0.5) is 5.82 Å². The summed E-state index contributed by atoms with van der Waals surface area (Å²) in [5, 5.41) is 3.52. The van der Waals surface area contributed by atoms with E-state index in [2.05, 4.69) is 10.3 Å². The Bertz CT molecular complexity index is 659. The van der Waals surface area contributed by atoms with Gasteiger partial charge in [-0.1, -0.05) is 59.3 Å². The number of carbonyl (C=O) groups is 1. The molecule has 0 aliphatic heterocycles. The highest BCUT2D eigenvalue weighted by atomic mass is 35.5. The number of benzene rings is 1. The van der Waals surface area contributed by atoms with Crippen LogP contribution < -0.4 is 5.32 Å². The van der Waals surface area contributed by atoms with Crippen LogP contribution in [0.3, 0.4) is 0 Å². The SMILES string of the molecule is Cc1cccc(C(=O)CSC(=S)Nc2ccc(Cl)cn2)c1. The minimum Gasteiger partial charge on any atom is -0.326 e. The monoisotopic (exact) mass is 336 g/mol. The molecule has 0 spiro atoms. The quantitative estimate of drug-likeness (QED) is 0.664. The number of ketones is 1. The molecule has 0 saturated carbocycles. The summed E-state index contributed by atoms with van der Waals surface area (Å²) < 4.78 is 0.505. The van der Waals surface area contributed by atoms with Gasteiger partial charge in [0.15, 0.2) is 5.78 Å². The maximum atomic E-state index is 12.1. The molecule has 1 heterocycles. The third-order valence-electron chi connectivity index (χ3n) is 2.63. The molecule has 6 heteroatoms. The van der Waals surface area contributed by atoms with Gasteiger partial charge in [0.05, 0.1) is 10.8 Å². The number of Topliss-reactive ketones (excluding diaryl/α,β-unsaturated/α-hetero) is 1. The Balaban J connectivity index is 1.86. The number of thioether (sulfide) groups is 1. The summed E-state index contributed by atoms with van der Waals surface area (Å²) in [6.45, 7) is 1.96. The maximum Gasteiger partial charge on any atom is 0.173 e. The molecule has 0 unspecified atom stereocenters. The number of halogens is 1. The molecule has 1 N–H and O–H groups in total. The lowest BCUT2D eigenvalue weighted by Crippen LogP contribution is -2.10. The first-order valence-electron chi connectivity index (χ1n) is 6.20. The first-order valence-corrected chi connectivity index (χ1v) is 7.97. The fraction of sp³-hybridized carbons (Fsp3) is 0.133. The zero-order valence-corrected chi connectivity index (χ0v) is 13.7. The predicted molar refractivity (Wildman–Crippen MR) is 93.4 cm³/mol. The first kappa shape index (κ1) is 15.9. The number of nitrogens with one attached hydrogen (secondary N) is 1. The van der Waals surface area contributed by atoms with E-state index in [1.165, 1.54) is 18.0 Å². The topological polar surface area (TPSA) is 42.0 Å². The van der Waals surface area contributed by atoms with Crippen molar-refractivity contribution in [2.75, 3.05) is 11.1 Å². The van der Waals surface area contributed by atoms with Gasteiger partial charge in [0.1, 0.15) is 10.1 Å². The van der Waals surface area contributed by atoms with Crippen molar-refractivity contribution in [2.45, 2.75) is 6.92 Å². The smallest absolute Gasteiger partial charge is 0.173 e. The van der Waals surface area contributed by atoms with Crippen molar-refractivity contribution in [3.05, 3.63) is 58.7 Å². The average molecular weight is 337 g/mol. The molecular weight excluding hydrogens is 324 g/mol. The van der Waals surface area contributed by atoms with Crippen molar-refractivity contribution in [3.8, 4) is 0 Å². The highest BCUT2D eigenvalue weighted by Gasteiger charge is 2.08. The number of anilines is 1. The van der Waals surface area contributed by atoms with E-state index >= 15 is 0 Å². The number of carbonyl (C=O) groups excluding carboxylic acids is 1. The molecule has 2 aromatic rings. The maximum absolute atomic E-state index is 12.1. The number of hydrogen-bond acceptors (Lipinski definition) is 4. The van der Waals surface area contributed by atoms with Crippen LogP contribution in [-0.2, 0) is 0 Å². The lowest BCUT2D eigenvalue weighted by Gasteiger charge is -2.06. The number of nitrogens with zero attached hydrogens (tertiary/aromatic N) is 1. The van der Waals surface area contributed by atoms with Gasteiger partial charge in [0, 0.05) is 11.8 Å². The Labute approximate surface area is 138 Å². The summed E-state index contributed by atoms with van der Waals surface area (Å²) in [5.41, 5.74) is 1.77. The number of pyridine rings is 1. The van der Waals surface area contributed by atoms with Crippen LogP contribution in [0.1, 0.15) is 15.9 Å². The van der Waals surface area contributed by atoms with E-state index in [1.807, 2.05) is 31.2 Å². The molecule has 0 amide bonds. The van der Waals surface area contributed by atoms with Crippen molar-refractivity contribution in [1.29, 1.82) is 0 Å². The number of thiocarbonyl (C=S) groups is 1. The molecule has 0 atom stereocenters.